The van der Waals surface area contributed by atoms with Crippen molar-refractivity contribution < 1.29 is 14.6 Å². The van der Waals surface area contributed by atoms with Crippen molar-refractivity contribution in [2.75, 3.05) is 26.9 Å². The molecule has 0 saturated carbocycles. The average Bonchev–Trinajstić information content (AvgIpc) is 2.47. The van der Waals surface area contributed by atoms with E-state index in [1.807, 2.05) is 12.1 Å². The molecule has 2 N–H and O–H groups in total. The fourth-order valence-corrected chi connectivity index (χ4v) is 1.63. The third-order valence-electron chi connectivity index (χ3n) is 2.66. The van der Waals surface area contributed by atoms with Gasteiger partial charge in [-0.3, -0.25) is 4.79 Å². The van der Waals surface area contributed by atoms with Crippen molar-refractivity contribution in [2.45, 2.75) is 19.3 Å². The number of methoxy groups -OCH3 is 1. The van der Waals surface area contributed by atoms with Gasteiger partial charge in [-0.1, -0.05) is 17.9 Å². The first-order chi connectivity index (χ1) is 9.77. The van der Waals surface area contributed by atoms with Crippen LogP contribution in [0.3, 0.4) is 0 Å². The van der Waals surface area contributed by atoms with Gasteiger partial charge in [0.05, 0.1) is 6.61 Å². The van der Waals surface area contributed by atoms with Gasteiger partial charge in [-0.05, 0) is 31.0 Å². The second kappa shape index (κ2) is 10.0. The van der Waals surface area contributed by atoms with E-state index in [1.165, 1.54) is 0 Å². The Hall–Kier alpha value is -1.83. The number of carbonyl (C=O) groups excluding carboxylic acids is 1. The highest BCUT2D eigenvalue weighted by Crippen LogP contribution is 2.04. The number of ether oxygens (including phenoxy) is 1. The van der Waals surface area contributed by atoms with Crippen LogP contribution in [0.15, 0.2) is 24.3 Å². The molecule has 0 saturated heterocycles. The minimum atomic E-state index is -0.0896. The van der Waals surface area contributed by atoms with Crippen LogP contribution in [0.1, 0.15) is 35.2 Å². The molecule has 4 nitrogen and oxygen atoms in total. The molecule has 0 bridgehead atoms. The fraction of sp³-hybridized carbons (Fsp3) is 0.438. The minimum Gasteiger partial charge on any atom is -0.395 e. The van der Waals surface area contributed by atoms with Gasteiger partial charge in [0.15, 0.2) is 0 Å². The van der Waals surface area contributed by atoms with Crippen molar-refractivity contribution in [3.05, 3.63) is 35.4 Å². The van der Waals surface area contributed by atoms with Crippen LogP contribution in [-0.4, -0.2) is 37.9 Å². The molecule has 0 radical (unpaired) electrons. The molecule has 1 aromatic rings. The van der Waals surface area contributed by atoms with Crippen molar-refractivity contribution in [2.24, 2.45) is 0 Å². The molecule has 0 atom stereocenters. The number of rotatable bonds is 7. The molecule has 0 heterocycles. The van der Waals surface area contributed by atoms with Crippen molar-refractivity contribution >= 4 is 5.91 Å². The lowest BCUT2D eigenvalue weighted by molar-refractivity contribution is 0.0951. The number of amides is 1. The van der Waals surface area contributed by atoms with Gasteiger partial charge in [0.25, 0.3) is 5.91 Å². The second-order valence-electron chi connectivity index (χ2n) is 4.31. The Kier molecular flexibility index (Phi) is 8.13. The molecular weight excluding hydrogens is 254 g/mol. The molecule has 0 aliphatic carbocycles. The van der Waals surface area contributed by atoms with Gasteiger partial charge in [0.1, 0.15) is 0 Å². The van der Waals surface area contributed by atoms with E-state index in [-0.39, 0.29) is 12.5 Å². The third-order valence-corrected chi connectivity index (χ3v) is 2.66. The third kappa shape index (κ3) is 6.37. The average molecular weight is 275 g/mol. The van der Waals surface area contributed by atoms with E-state index in [4.69, 9.17) is 9.84 Å². The Morgan fingerprint density at radius 2 is 2.25 bits per heavy atom. The van der Waals surface area contributed by atoms with Crippen LogP contribution >= 0.6 is 0 Å². The molecule has 0 aliphatic heterocycles. The predicted molar refractivity (Wildman–Crippen MR) is 78.5 cm³/mol. The zero-order valence-electron chi connectivity index (χ0n) is 11.8. The second-order valence-corrected chi connectivity index (χ2v) is 4.31. The number of benzene rings is 1. The van der Waals surface area contributed by atoms with Crippen LogP contribution < -0.4 is 5.32 Å². The maximum atomic E-state index is 11.9. The Bertz CT molecular complexity index is 474. The van der Waals surface area contributed by atoms with E-state index in [1.54, 1.807) is 19.2 Å². The summed E-state index contributed by atoms with van der Waals surface area (Å²) in [6.07, 6.45) is 2.27. The number of aliphatic hydroxyl groups is 1. The van der Waals surface area contributed by atoms with Gasteiger partial charge >= 0.3 is 0 Å². The maximum Gasteiger partial charge on any atom is 0.251 e. The Balaban J connectivity index is 2.48. The summed E-state index contributed by atoms with van der Waals surface area (Å²) in [6.45, 7) is 1.41. The lowest BCUT2D eigenvalue weighted by Gasteiger charge is -2.05. The van der Waals surface area contributed by atoms with E-state index in [9.17, 15) is 4.79 Å². The highest BCUT2D eigenvalue weighted by molar-refractivity contribution is 5.94. The van der Waals surface area contributed by atoms with Gasteiger partial charge in [-0.2, -0.15) is 0 Å². The van der Waals surface area contributed by atoms with Crippen LogP contribution in [0, 0.1) is 11.8 Å². The van der Waals surface area contributed by atoms with Crippen LogP contribution in [0.2, 0.25) is 0 Å². The molecule has 0 spiro atoms. The molecule has 4 heteroatoms. The van der Waals surface area contributed by atoms with Crippen molar-refractivity contribution in [1.82, 2.24) is 5.32 Å². The largest absolute Gasteiger partial charge is 0.395 e. The number of hydrogen-bond donors (Lipinski definition) is 2. The van der Waals surface area contributed by atoms with Crippen LogP contribution in [0.4, 0.5) is 0 Å². The molecule has 0 aromatic heterocycles. The summed E-state index contributed by atoms with van der Waals surface area (Å²) in [5.41, 5.74) is 1.39. The van der Waals surface area contributed by atoms with E-state index in [2.05, 4.69) is 17.2 Å². The molecule has 0 aliphatic rings. The summed E-state index contributed by atoms with van der Waals surface area (Å²) in [7, 11) is 1.67. The van der Waals surface area contributed by atoms with Crippen molar-refractivity contribution in [1.29, 1.82) is 0 Å². The molecular formula is C16H21NO3. The first-order valence-electron chi connectivity index (χ1n) is 6.75. The smallest absolute Gasteiger partial charge is 0.251 e. The van der Waals surface area contributed by atoms with Crippen molar-refractivity contribution in [3.8, 4) is 11.8 Å². The highest BCUT2D eigenvalue weighted by Gasteiger charge is 2.04. The number of unbranched alkanes of at least 4 members (excludes halogenated alkanes) is 1. The standard InChI is InChI=1S/C16H21NO3/c1-20-12-5-3-10-17-16(19)15-9-6-8-14(13-15)7-2-4-11-18/h6,8-9,13,18H,3-5,10-12H2,1H3,(H,17,19). The molecule has 1 aromatic carbocycles. The number of nitrogens with one attached hydrogen (secondary N) is 1. The zero-order chi connectivity index (χ0) is 14.6. The predicted octanol–water partition coefficient (Wildman–Crippen LogP) is 1.58. The lowest BCUT2D eigenvalue weighted by atomic mass is 10.1. The fourth-order valence-electron chi connectivity index (χ4n) is 1.63. The molecule has 0 fully saturated rings. The summed E-state index contributed by atoms with van der Waals surface area (Å²) in [5.74, 6) is 5.67. The van der Waals surface area contributed by atoms with E-state index in [0.29, 0.717) is 25.1 Å². The maximum absolute atomic E-state index is 11.9. The van der Waals surface area contributed by atoms with Gasteiger partial charge in [-0.25, -0.2) is 0 Å². The van der Waals surface area contributed by atoms with E-state index >= 15 is 0 Å². The van der Waals surface area contributed by atoms with Crippen LogP contribution in [-0.2, 0) is 4.74 Å². The molecule has 20 heavy (non-hydrogen) atoms. The Morgan fingerprint density at radius 1 is 1.40 bits per heavy atom. The summed E-state index contributed by atoms with van der Waals surface area (Å²) in [4.78, 5) is 11.9. The zero-order valence-corrected chi connectivity index (χ0v) is 11.8. The van der Waals surface area contributed by atoms with Gasteiger partial charge in [0, 0.05) is 37.8 Å². The number of aliphatic hydroxyl groups excluding tert-OH is 1. The quantitative estimate of drug-likeness (QED) is 0.587. The molecule has 1 amide bonds. The number of hydrogen-bond acceptors (Lipinski definition) is 3. The summed E-state index contributed by atoms with van der Waals surface area (Å²) in [5, 5.41) is 11.5. The minimum absolute atomic E-state index is 0.0502. The molecule has 0 unspecified atom stereocenters. The Morgan fingerprint density at radius 3 is 3.00 bits per heavy atom. The topological polar surface area (TPSA) is 58.6 Å². The van der Waals surface area contributed by atoms with Crippen LogP contribution in [0.25, 0.3) is 0 Å². The Labute approximate surface area is 120 Å². The molecule has 1 rings (SSSR count). The van der Waals surface area contributed by atoms with Crippen LogP contribution in [0.5, 0.6) is 0 Å². The van der Waals surface area contributed by atoms with Crippen molar-refractivity contribution in [3.63, 3.8) is 0 Å². The first-order valence-corrected chi connectivity index (χ1v) is 6.75. The summed E-state index contributed by atoms with van der Waals surface area (Å²) >= 11 is 0. The SMILES string of the molecule is COCCCCNC(=O)c1cccc(C#CCCO)c1. The van der Waals surface area contributed by atoms with Gasteiger partial charge in [-0.15, -0.1) is 0 Å². The van der Waals surface area contributed by atoms with Gasteiger partial charge in [0.2, 0.25) is 0 Å². The summed E-state index contributed by atoms with van der Waals surface area (Å²) in [6, 6.07) is 7.18. The lowest BCUT2D eigenvalue weighted by Crippen LogP contribution is -2.24. The first kappa shape index (κ1) is 16.2. The van der Waals surface area contributed by atoms with E-state index < -0.39 is 0 Å². The highest BCUT2D eigenvalue weighted by atomic mass is 16.5. The van der Waals surface area contributed by atoms with E-state index in [0.717, 1.165) is 18.4 Å². The summed E-state index contributed by atoms with van der Waals surface area (Å²) < 4.78 is 4.95. The molecule has 108 valence electrons. The number of carbonyl (C=O) groups is 1. The monoisotopic (exact) mass is 275 g/mol. The van der Waals surface area contributed by atoms with Gasteiger partial charge < -0.3 is 15.2 Å². The normalized spacial score (nSPS) is 9.70.